The van der Waals surface area contributed by atoms with Crippen LogP contribution in [0.2, 0.25) is 0 Å². The first-order valence-electron chi connectivity index (χ1n) is 9.38. The third-order valence-corrected chi connectivity index (χ3v) is 4.14. The van der Waals surface area contributed by atoms with Crippen molar-refractivity contribution in [2.75, 3.05) is 18.5 Å². The van der Waals surface area contributed by atoms with Crippen LogP contribution in [0, 0.1) is 6.92 Å². The van der Waals surface area contributed by atoms with Gasteiger partial charge in [-0.15, -0.1) is 0 Å². The number of amides is 1. The fourth-order valence-electron chi connectivity index (χ4n) is 2.68. The number of nitrogens with one attached hydrogen (secondary N) is 1. The summed E-state index contributed by atoms with van der Waals surface area (Å²) >= 11 is 0. The summed E-state index contributed by atoms with van der Waals surface area (Å²) in [7, 11) is 0. The number of ether oxygens (including phenoxy) is 2. The van der Waals surface area contributed by atoms with E-state index in [1.807, 2.05) is 61.5 Å². The van der Waals surface area contributed by atoms with Crippen LogP contribution in [0.4, 0.5) is 5.82 Å². The van der Waals surface area contributed by atoms with E-state index in [0.29, 0.717) is 11.4 Å². The van der Waals surface area contributed by atoms with Crippen molar-refractivity contribution in [3.63, 3.8) is 0 Å². The lowest BCUT2D eigenvalue weighted by Crippen LogP contribution is -2.19. The van der Waals surface area contributed by atoms with Crippen molar-refractivity contribution in [2.45, 2.75) is 20.3 Å². The number of hydrogen-bond donors (Lipinski definition) is 1. The number of benzene rings is 2. The molecule has 0 aliphatic rings. The van der Waals surface area contributed by atoms with Gasteiger partial charge in [0.2, 0.25) is 5.91 Å². The number of aryl methyl sites for hydroxylation is 1. The zero-order valence-electron chi connectivity index (χ0n) is 16.4. The first-order valence-corrected chi connectivity index (χ1v) is 9.38. The predicted octanol–water partition coefficient (Wildman–Crippen LogP) is 3.77. The van der Waals surface area contributed by atoms with Crippen molar-refractivity contribution in [1.82, 2.24) is 9.78 Å². The normalized spacial score (nSPS) is 10.4. The molecule has 0 saturated heterocycles. The van der Waals surface area contributed by atoms with Crippen molar-refractivity contribution in [2.24, 2.45) is 0 Å². The van der Waals surface area contributed by atoms with E-state index in [2.05, 4.69) is 10.4 Å². The Labute approximate surface area is 169 Å². The van der Waals surface area contributed by atoms with Crippen LogP contribution < -0.4 is 10.1 Å². The van der Waals surface area contributed by atoms with Crippen molar-refractivity contribution >= 4 is 17.7 Å². The number of nitrogens with zero attached hydrogens (tertiary/aromatic N) is 2. The molecule has 7 nitrogen and oxygen atoms in total. The summed E-state index contributed by atoms with van der Waals surface area (Å²) in [4.78, 5) is 24.8. The molecule has 0 atom stereocenters. The third-order valence-electron chi connectivity index (χ3n) is 4.14. The van der Waals surface area contributed by atoms with Crippen molar-refractivity contribution in [1.29, 1.82) is 0 Å². The molecule has 0 fully saturated rings. The van der Waals surface area contributed by atoms with Crippen molar-refractivity contribution in [3.8, 4) is 11.4 Å². The van der Waals surface area contributed by atoms with Crippen LogP contribution in [-0.4, -0.2) is 34.9 Å². The van der Waals surface area contributed by atoms with Gasteiger partial charge in [-0.25, -0.2) is 9.48 Å². The number of rotatable bonds is 8. The lowest BCUT2D eigenvalue weighted by Gasteiger charge is -2.11. The third kappa shape index (κ3) is 5.22. The van der Waals surface area contributed by atoms with Gasteiger partial charge in [0.1, 0.15) is 11.3 Å². The molecule has 0 saturated carbocycles. The molecule has 1 N–H and O–H groups in total. The van der Waals surface area contributed by atoms with Crippen molar-refractivity contribution in [3.05, 3.63) is 71.9 Å². The van der Waals surface area contributed by atoms with Gasteiger partial charge in [-0.2, -0.15) is 5.10 Å². The van der Waals surface area contributed by atoms with Gasteiger partial charge in [0.25, 0.3) is 0 Å². The fraction of sp³-hybridized carbons (Fsp3) is 0.227. The molecule has 0 bridgehead atoms. The van der Waals surface area contributed by atoms with Crippen LogP contribution in [0.5, 0.6) is 5.75 Å². The number of hydrogen-bond acceptors (Lipinski definition) is 5. The van der Waals surface area contributed by atoms with E-state index in [1.54, 1.807) is 6.92 Å². The Morgan fingerprint density at radius 2 is 1.79 bits per heavy atom. The second-order valence-electron chi connectivity index (χ2n) is 6.33. The van der Waals surface area contributed by atoms with Gasteiger partial charge in [-0.1, -0.05) is 35.9 Å². The quantitative estimate of drug-likeness (QED) is 0.589. The number of carbonyl (C=O) groups excluding carboxylic acids is 2. The van der Waals surface area contributed by atoms with Gasteiger partial charge < -0.3 is 14.8 Å². The minimum absolute atomic E-state index is 0.121. The van der Waals surface area contributed by atoms with Gasteiger partial charge in [0, 0.05) is 0 Å². The highest BCUT2D eigenvalue weighted by Gasteiger charge is 2.21. The Morgan fingerprint density at radius 1 is 1.07 bits per heavy atom. The largest absolute Gasteiger partial charge is 0.493 e. The van der Waals surface area contributed by atoms with Crippen LogP contribution in [-0.2, 0) is 9.53 Å². The van der Waals surface area contributed by atoms with Gasteiger partial charge >= 0.3 is 5.97 Å². The molecule has 0 radical (unpaired) electrons. The number of aromatic nitrogens is 2. The molecule has 1 amide bonds. The maximum atomic E-state index is 12.5. The highest BCUT2D eigenvalue weighted by molar-refractivity contribution is 6.00. The monoisotopic (exact) mass is 393 g/mol. The molecule has 0 spiro atoms. The molecule has 0 aliphatic carbocycles. The van der Waals surface area contributed by atoms with E-state index in [0.717, 1.165) is 5.56 Å². The fourth-order valence-corrected chi connectivity index (χ4v) is 2.68. The van der Waals surface area contributed by atoms with Gasteiger partial charge in [-0.3, -0.25) is 4.79 Å². The summed E-state index contributed by atoms with van der Waals surface area (Å²) in [6, 6.07) is 16.8. The molecule has 3 rings (SSSR count). The summed E-state index contributed by atoms with van der Waals surface area (Å²) in [6.07, 6.45) is 1.51. The van der Waals surface area contributed by atoms with Gasteiger partial charge in [-0.05, 0) is 38.1 Å². The molecule has 2 aromatic carbocycles. The highest BCUT2D eigenvalue weighted by atomic mass is 16.5. The molecule has 1 heterocycles. The average Bonchev–Trinajstić information content (AvgIpc) is 3.14. The number of para-hydroxylation sites is 1. The summed E-state index contributed by atoms with van der Waals surface area (Å²) in [5.74, 6) is 0.140. The lowest BCUT2D eigenvalue weighted by molar-refractivity contribution is -0.116. The molecule has 29 heavy (non-hydrogen) atoms. The van der Waals surface area contributed by atoms with Crippen LogP contribution in [0.15, 0.2) is 60.8 Å². The number of carbonyl (C=O) groups is 2. The minimum Gasteiger partial charge on any atom is -0.493 e. The molecular formula is C22H23N3O4. The van der Waals surface area contributed by atoms with E-state index >= 15 is 0 Å². The first kappa shape index (κ1) is 20.1. The SMILES string of the molecule is CCOC(=O)c1cnn(-c2ccccc2)c1NC(=O)CCOc1ccc(C)cc1. The van der Waals surface area contributed by atoms with E-state index in [-0.39, 0.29) is 36.9 Å². The maximum absolute atomic E-state index is 12.5. The Kier molecular flexibility index (Phi) is 6.63. The summed E-state index contributed by atoms with van der Waals surface area (Å²) in [5.41, 5.74) is 2.05. The van der Waals surface area contributed by atoms with E-state index in [4.69, 9.17) is 9.47 Å². The summed E-state index contributed by atoms with van der Waals surface area (Å²) in [5, 5.41) is 7.02. The molecular weight excluding hydrogens is 370 g/mol. The summed E-state index contributed by atoms with van der Waals surface area (Å²) in [6.45, 7) is 4.16. The standard InChI is InChI=1S/C22H23N3O4/c1-3-28-22(27)19-15-23-25(17-7-5-4-6-8-17)21(19)24-20(26)13-14-29-18-11-9-16(2)10-12-18/h4-12,15H,3,13-14H2,1-2H3,(H,24,26). The molecule has 1 aromatic heterocycles. The van der Waals surface area contributed by atoms with E-state index in [1.165, 1.54) is 10.9 Å². The second-order valence-corrected chi connectivity index (χ2v) is 6.33. The Morgan fingerprint density at radius 3 is 2.48 bits per heavy atom. The summed E-state index contributed by atoms with van der Waals surface area (Å²) < 4.78 is 12.2. The van der Waals surface area contributed by atoms with Gasteiger partial charge in [0.15, 0.2) is 5.82 Å². The van der Waals surface area contributed by atoms with Crippen molar-refractivity contribution < 1.29 is 19.1 Å². The number of anilines is 1. The Hall–Kier alpha value is -3.61. The van der Waals surface area contributed by atoms with Crippen LogP contribution >= 0.6 is 0 Å². The minimum atomic E-state index is -0.541. The van der Waals surface area contributed by atoms with Crippen LogP contribution in [0.1, 0.15) is 29.3 Å². The highest BCUT2D eigenvalue weighted by Crippen LogP contribution is 2.21. The van der Waals surface area contributed by atoms with Crippen LogP contribution in [0.25, 0.3) is 5.69 Å². The topological polar surface area (TPSA) is 82.5 Å². The predicted molar refractivity (Wildman–Crippen MR) is 109 cm³/mol. The molecule has 7 heteroatoms. The van der Waals surface area contributed by atoms with E-state index < -0.39 is 5.97 Å². The maximum Gasteiger partial charge on any atom is 0.343 e. The first-order chi connectivity index (χ1) is 14.1. The number of esters is 1. The smallest absolute Gasteiger partial charge is 0.343 e. The van der Waals surface area contributed by atoms with E-state index in [9.17, 15) is 9.59 Å². The second kappa shape index (κ2) is 9.54. The molecule has 3 aromatic rings. The Balaban J connectivity index is 1.72. The molecule has 150 valence electrons. The van der Waals surface area contributed by atoms with Gasteiger partial charge in [0.05, 0.1) is 31.5 Å². The van der Waals surface area contributed by atoms with Crippen LogP contribution in [0.3, 0.4) is 0 Å². The average molecular weight is 393 g/mol. The molecule has 0 unspecified atom stereocenters. The zero-order chi connectivity index (χ0) is 20.6. The lowest BCUT2D eigenvalue weighted by atomic mass is 10.2. The Bertz CT molecular complexity index is 965. The molecule has 0 aliphatic heterocycles. The zero-order valence-corrected chi connectivity index (χ0v) is 16.4.